The molecular formula is C9H9N3S2. The Kier molecular flexibility index (Phi) is 2.79. The highest BCUT2D eigenvalue weighted by Crippen LogP contribution is 2.28. The molecule has 0 saturated carbocycles. The van der Waals surface area contributed by atoms with Crippen molar-refractivity contribution in [3.05, 3.63) is 17.3 Å². The molecule has 0 atom stereocenters. The smallest absolute Gasteiger partial charge is 0.128 e. The van der Waals surface area contributed by atoms with Crippen molar-refractivity contribution < 1.29 is 0 Å². The van der Waals surface area contributed by atoms with E-state index >= 15 is 0 Å². The fourth-order valence-electron chi connectivity index (χ4n) is 1.21. The van der Waals surface area contributed by atoms with Crippen molar-refractivity contribution in [2.45, 2.75) is 5.03 Å². The van der Waals surface area contributed by atoms with Crippen molar-refractivity contribution >= 4 is 39.5 Å². The van der Waals surface area contributed by atoms with Crippen LogP contribution in [0.25, 0.3) is 10.2 Å². The summed E-state index contributed by atoms with van der Waals surface area (Å²) in [7, 11) is 1.77. The van der Waals surface area contributed by atoms with Gasteiger partial charge in [0.2, 0.25) is 0 Å². The lowest BCUT2D eigenvalue weighted by Gasteiger charge is -1.94. The molecule has 2 heterocycles. The van der Waals surface area contributed by atoms with Gasteiger partial charge in [-0.1, -0.05) is 0 Å². The van der Waals surface area contributed by atoms with E-state index in [2.05, 4.69) is 21.0 Å². The first-order chi connectivity index (χ1) is 6.85. The van der Waals surface area contributed by atoms with E-state index in [1.54, 1.807) is 36.5 Å². The molecule has 2 aromatic heterocycles. The quantitative estimate of drug-likeness (QED) is 0.446. The molecule has 0 radical (unpaired) electrons. The molecule has 0 fully saturated rings. The summed E-state index contributed by atoms with van der Waals surface area (Å²) in [5.41, 5.74) is 0. The Balaban J connectivity index is 2.64. The topological polar surface area (TPSA) is 38.1 Å². The van der Waals surface area contributed by atoms with E-state index in [0.29, 0.717) is 0 Å². The molecule has 0 aliphatic rings. The molecule has 0 amide bonds. The Hall–Kier alpha value is -0.940. The van der Waals surface area contributed by atoms with Crippen LogP contribution in [0.2, 0.25) is 0 Å². The predicted molar refractivity (Wildman–Crippen MR) is 62.7 cm³/mol. The lowest BCUT2D eigenvalue weighted by atomic mass is 10.4. The molecule has 0 aliphatic heterocycles. The summed E-state index contributed by atoms with van der Waals surface area (Å²) in [4.78, 5) is 14.6. The van der Waals surface area contributed by atoms with Gasteiger partial charge in [0.1, 0.15) is 16.2 Å². The van der Waals surface area contributed by atoms with E-state index < -0.39 is 0 Å². The number of thioether (sulfide) groups is 1. The van der Waals surface area contributed by atoms with Crippen LogP contribution in [-0.4, -0.2) is 29.5 Å². The van der Waals surface area contributed by atoms with Crippen molar-refractivity contribution in [2.75, 3.05) is 13.3 Å². The summed E-state index contributed by atoms with van der Waals surface area (Å²) in [6.45, 7) is 0. The van der Waals surface area contributed by atoms with E-state index in [4.69, 9.17) is 0 Å². The number of rotatable bonds is 2. The Morgan fingerprint density at radius 2 is 2.36 bits per heavy atom. The Bertz CT molecular complexity index is 476. The molecule has 0 N–H and O–H groups in total. The number of thiophene rings is 1. The number of nitrogens with zero attached hydrogens (tertiary/aromatic N) is 3. The van der Waals surface area contributed by atoms with Crippen molar-refractivity contribution in [1.82, 2.24) is 9.97 Å². The summed E-state index contributed by atoms with van der Waals surface area (Å²) >= 11 is 3.28. The van der Waals surface area contributed by atoms with Crippen LogP contribution >= 0.6 is 23.1 Å². The lowest BCUT2D eigenvalue weighted by Crippen LogP contribution is -1.80. The monoisotopic (exact) mass is 223 g/mol. The first-order valence-electron chi connectivity index (χ1n) is 4.06. The van der Waals surface area contributed by atoms with Crippen LogP contribution in [0.1, 0.15) is 4.88 Å². The minimum absolute atomic E-state index is 1.03. The largest absolute Gasteiger partial charge is 0.295 e. The highest BCUT2D eigenvalue weighted by atomic mass is 32.2. The Labute approximate surface area is 90.3 Å². The van der Waals surface area contributed by atoms with Gasteiger partial charge in [-0.25, -0.2) is 9.97 Å². The van der Waals surface area contributed by atoms with Gasteiger partial charge in [-0.05, 0) is 12.3 Å². The molecule has 0 bridgehead atoms. The first kappa shape index (κ1) is 9.61. The zero-order chi connectivity index (χ0) is 9.97. The van der Waals surface area contributed by atoms with Crippen molar-refractivity contribution in [3.63, 3.8) is 0 Å². The van der Waals surface area contributed by atoms with E-state index in [1.165, 1.54) is 0 Å². The predicted octanol–water partition coefficient (Wildman–Crippen LogP) is 2.46. The van der Waals surface area contributed by atoms with Crippen LogP contribution in [-0.2, 0) is 0 Å². The highest BCUT2D eigenvalue weighted by molar-refractivity contribution is 7.98. The van der Waals surface area contributed by atoms with Crippen LogP contribution in [0.4, 0.5) is 0 Å². The van der Waals surface area contributed by atoms with Crippen molar-refractivity contribution in [1.29, 1.82) is 0 Å². The molecule has 0 aliphatic carbocycles. The summed E-state index contributed by atoms with van der Waals surface area (Å²) in [6.07, 6.45) is 5.47. The number of hydrogen-bond acceptors (Lipinski definition) is 5. The van der Waals surface area contributed by atoms with Crippen molar-refractivity contribution in [3.8, 4) is 0 Å². The van der Waals surface area contributed by atoms with Gasteiger partial charge >= 0.3 is 0 Å². The molecule has 0 aromatic carbocycles. The van der Waals surface area contributed by atoms with Gasteiger partial charge in [-0.2, -0.15) is 0 Å². The highest BCUT2D eigenvalue weighted by Gasteiger charge is 2.06. The molecule has 72 valence electrons. The Morgan fingerprint density at radius 1 is 1.50 bits per heavy atom. The second kappa shape index (κ2) is 4.06. The second-order valence-electron chi connectivity index (χ2n) is 2.64. The number of fused-ring (bicyclic) bond motifs is 1. The average molecular weight is 223 g/mol. The van der Waals surface area contributed by atoms with E-state index in [1.807, 2.05) is 12.5 Å². The van der Waals surface area contributed by atoms with Gasteiger partial charge in [-0.3, -0.25) is 4.99 Å². The van der Waals surface area contributed by atoms with Gasteiger partial charge in [-0.15, -0.1) is 23.1 Å². The van der Waals surface area contributed by atoms with E-state index in [-0.39, 0.29) is 0 Å². The molecular weight excluding hydrogens is 214 g/mol. The number of aliphatic imine (C=N–C) groups is 1. The lowest BCUT2D eigenvalue weighted by molar-refractivity contribution is 1.11. The fourth-order valence-corrected chi connectivity index (χ4v) is 2.72. The van der Waals surface area contributed by atoms with Crippen molar-refractivity contribution in [2.24, 2.45) is 4.99 Å². The summed E-state index contributed by atoms with van der Waals surface area (Å²) in [5, 5.41) is 2.15. The molecule has 2 rings (SSSR count). The van der Waals surface area contributed by atoms with Gasteiger partial charge in [0.25, 0.3) is 0 Å². The van der Waals surface area contributed by atoms with Gasteiger partial charge in [0.05, 0.1) is 0 Å². The summed E-state index contributed by atoms with van der Waals surface area (Å²) in [5.74, 6) is 0. The minimum Gasteiger partial charge on any atom is -0.295 e. The van der Waals surface area contributed by atoms with Gasteiger partial charge in [0, 0.05) is 23.5 Å². The maximum atomic E-state index is 4.23. The fraction of sp³-hybridized carbons (Fsp3) is 0.222. The van der Waals surface area contributed by atoms with Gasteiger partial charge in [0.15, 0.2) is 0 Å². The summed E-state index contributed by atoms with van der Waals surface area (Å²) in [6, 6.07) is 2.08. The molecule has 5 heteroatoms. The summed E-state index contributed by atoms with van der Waals surface area (Å²) < 4.78 is 0. The van der Waals surface area contributed by atoms with Crippen LogP contribution < -0.4 is 0 Å². The standard InChI is InChI=1S/C9H9N3S2/c1-10-4-6-3-7-8(13-2)11-5-12-9(7)14-6/h3-5H,1-2H3. The maximum absolute atomic E-state index is 4.23. The average Bonchev–Trinajstić information content (AvgIpc) is 2.60. The normalized spacial score (nSPS) is 11.6. The minimum atomic E-state index is 1.03. The second-order valence-corrected chi connectivity index (χ2v) is 4.50. The number of hydrogen-bond donors (Lipinski definition) is 0. The van der Waals surface area contributed by atoms with Crippen LogP contribution in [0.15, 0.2) is 22.4 Å². The first-order valence-corrected chi connectivity index (χ1v) is 6.10. The third-order valence-electron chi connectivity index (χ3n) is 1.76. The third kappa shape index (κ3) is 1.65. The molecule has 0 spiro atoms. The van der Waals surface area contributed by atoms with E-state index in [0.717, 1.165) is 20.1 Å². The zero-order valence-corrected chi connectivity index (χ0v) is 9.52. The van der Waals surface area contributed by atoms with Crippen LogP contribution in [0.3, 0.4) is 0 Å². The number of aromatic nitrogens is 2. The Morgan fingerprint density at radius 3 is 3.07 bits per heavy atom. The van der Waals surface area contributed by atoms with Crippen LogP contribution in [0, 0.1) is 0 Å². The SMILES string of the molecule is CN=Cc1cc2c(SC)ncnc2s1. The molecule has 2 aromatic rings. The molecule has 3 nitrogen and oxygen atoms in total. The molecule has 0 saturated heterocycles. The zero-order valence-electron chi connectivity index (χ0n) is 7.89. The molecule has 14 heavy (non-hydrogen) atoms. The maximum Gasteiger partial charge on any atom is 0.128 e. The third-order valence-corrected chi connectivity index (χ3v) is 3.45. The van der Waals surface area contributed by atoms with Gasteiger partial charge < -0.3 is 0 Å². The van der Waals surface area contributed by atoms with Crippen LogP contribution in [0.5, 0.6) is 0 Å². The molecule has 0 unspecified atom stereocenters. The van der Waals surface area contributed by atoms with E-state index in [9.17, 15) is 0 Å².